The number of unbranched alkanes of at least 4 members (excludes halogenated alkanes) is 2. The number of hydrogen-bond acceptors (Lipinski definition) is 12. The number of carbonyl (C=O) groups is 4. The Morgan fingerprint density at radius 1 is 1.00 bits per heavy atom. The van der Waals surface area contributed by atoms with Crippen molar-refractivity contribution in [2.45, 2.75) is 126 Å². The number of carbonyl (C=O) groups excluding carboxylic acids is 4. The molecule has 2 aliphatic carbocycles. The second-order valence-electron chi connectivity index (χ2n) is 20.1. The molecular formula is C52H66N4O10. The van der Waals surface area contributed by atoms with Crippen molar-refractivity contribution in [1.82, 2.24) is 19.7 Å². The number of H-pyrrole nitrogens is 1. The molecule has 14 heteroatoms. The van der Waals surface area contributed by atoms with Gasteiger partial charge in [-0.15, -0.1) is 0 Å². The second-order valence-corrected chi connectivity index (χ2v) is 20.1. The van der Waals surface area contributed by atoms with Crippen LogP contribution in [0.5, 0.6) is 0 Å². The molecule has 7 aliphatic rings. The number of likely N-dealkylation sites (tertiary alicyclic amines) is 1. The highest BCUT2D eigenvalue weighted by Gasteiger charge is 2.82. The predicted molar refractivity (Wildman–Crippen MR) is 245 cm³/mol. The van der Waals surface area contributed by atoms with Gasteiger partial charge in [-0.05, 0) is 92.8 Å². The number of piperidine rings is 1. The highest BCUT2D eigenvalue weighted by molar-refractivity contribution is 5.92. The number of methoxy groups -OCH3 is 3. The lowest BCUT2D eigenvalue weighted by molar-refractivity contribution is -0.242. The number of benzene rings is 1. The molecule has 6 heterocycles. The number of hydrogen-bond donors (Lipinski definition) is 3. The van der Waals surface area contributed by atoms with E-state index in [0.717, 1.165) is 47.0 Å². The summed E-state index contributed by atoms with van der Waals surface area (Å²) >= 11 is 0. The molecule has 12 atom stereocenters. The summed E-state index contributed by atoms with van der Waals surface area (Å²) < 4.78 is 24.1. The summed E-state index contributed by atoms with van der Waals surface area (Å²) in [6, 6.07) is 4.44. The topological polar surface area (TPSA) is 171 Å². The number of esters is 3. The third-order valence-electron chi connectivity index (χ3n) is 16.9. The van der Waals surface area contributed by atoms with Gasteiger partial charge in [-0.2, -0.15) is 0 Å². The average Bonchev–Trinajstić information content (AvgIpc) is 3.99. The quantitative estimate of drug-likeness (QED) is 0.0752. The molecule has 66 heavy (non-hydrogen) atoms. The van der Waals surface area contributed by atoms with Gasteiger partial charge in [0.15, 0.2) is 6.10 Å². The number of nitrogens with zero attached hydrogens (tertiary/aromatic N) is 3. The van der Waals surface area contributed by atoms with Crippen LogP contribution >= 0.6 is 0 Å². The van der Waals surface area contributed by atoms with Crippen LogP contribution in [0.15, 0.2) is 53.8 Å². The third kappa shape index (κ3) is 6.54. The number of allylic oxidation sites excluding steroid dienone is 1. The van der Waals surface area contributed by atoms with Crippen molar-refractivity contribution in [3.8, 4) is 11.8 Å². The molecule has 1 spiro atoms. The van der Waals surface area contributed by atoms with Gasteiger partial charge in [-0.1, -0.05) is 57.3 Å². The fourth-order valence-electron chi connectivity index (χ4n) is 14.4. The van der Waals surface area contributed by atoms with Crippen LogP contribution in [0.1, 0.15) is 95.9 Å². The zero-order chi connectivity index (χ0) is 47.0. The lowest BCUT2D eigenvalue weighted by atomic mass is 9.47. The van der Waals surface area contributed by atoms with E-state index in [2.05, 4.69) is 45.7 Å². The molecule has 1 aromatic heterocycles. The van der Waals surface area contributed by atoms with E-state index in [1.165, 1.54) is 26.0 Å². The summed E-state index contributed by atoms with van der Waals surface area (Å²) in [6.45, 7) is 10.3. The maximum absolute atomic E-state index is 15.6. The zero-order valence-corrected chi connectivity index (χ0v) is 39.5. The standard InChI is InChI=1S/C52H66N4O10/c1-8-11-12-13-15-33-16-17-39-36(24-33)35-18-22-54-29-34(27-48(61,9-2)30-54)28-51(42(35)53-39,46(59)64-6)38-25-37-40(26-41(38)63-5)56(31-57)44-50(37)20-23-55-21-14-19-49(10-3,43(50)55)45(66-32(4)58)52(44,62)47(60)65-7/h14,16-17,19,24-26,31,34,38,41,43-45,53,61-62H,8-12,18,20-23,27-30H2,1-7H3/t34-,38?,41?,43+,44-,45-,48+,49-,50-,51+,52+/m1/s1. The van der Waals surface area contributed by atoms with Crippen LogP contribution in [0.3, 0.4) is 0 Å². The van der Waals surface area contributed by atoms with E-state index in [-0.39, 0.29) is 5.92 Å². The number of aromatic nitrogens is 1. The maximum Gasteiger partial charge on any atom is 0.344 e. The first kappa shape index (κ1) is 46.3. The number of aliphatic hydroxyl groups is 2. The number of amides is 1. The SMILES string of the molecule is CCCCC#Cc1ccc2[nH]c3c(c2c1)CCN1C[C@H](C[C@@](O)(CC)C1)C[C@]3(C(=O)OC)C1C=C2C(=CC1OC)N(C=O)[C@H]1[C@@](O)(C(=O)OC)[C@H](OC(C)=O)[C@]3(CC)C=CCN4CC[C@]21[C@@H]43. The molecule has 3 unspecified atom stereocenters. The summed E-state index contributed by atoms with van der Waals surface area (Å²) in [6.07, 6.45) is 11.9. The van der Waals surface area contributed by atoms with Crippen molar-refractivity contribution in [1.29, 1.82) is 0 Å². The molecular weight excluding hydrogens is 841 g/mol. The molecule has 1 aromatic carbocycles. The van der Waals surface area contributed by atoms with E-state index in [0.29, 0.717) is 88.9 Å². The number of aromatic amines is 1. The fourth-order valence-corrected chi connectivity index (χ4v) is 14.4. The lowest BCUT2D eigenvalue weighted by Crippen LogP contribution is -2.80. The van der Waals surface area contributed by atoms with E-state index >= 15 is 4.79 Å². The molecule has 3 N–H and O–H groups in total. The Labute approximate surface area is 387 Å². The lowest BCUT2D eigenvalue weighted by Gasteiger charge is -2.63. The summed E-state index contributed by atoms with van der Waals surface area (Å²) in [5.74, 6) is 3.64. The van der Waals surface area contributed by atoms with E-state index < -0.39 is 75.6 Å². The second kappa shape index (κ2) is 17.1. The van der Waals surface area contributed by atoms with Crippen LogP contribution in [0.4, 0.5) is 0 Å². The molecule has 14 nitrogen and oxygen atoms in total. The Kier molecular flexibility index (Phi) is 12.0. The van der Waals surface area contributed by atoms with Gasteiger partial charge in [0.2, 0.25) is 12.0 Å². The van der Waals surface area contributed by atoms with Crippen molar-refractivity contribution >= 4 is 35.2 Å². The molecule has 354 valence electrons. The van der Waals surface area contributed by atoms with Crippen molar-refractivity contribution in [3.63, 3.8) is 0 Å². The Morgan fingerprint density at radius 3 is 2.47 bits per heavy atom. The molecule has 3 saturated heterocycles. The van der Waals surface area contributed by atoms with Crippen LogP contribution < -0.4 is 0 Å². The monoisotopic (exact) mass is 906 g/mol. The summed E-state index contributed by atoms with van der Waals surface area (Å²) in [4.78, 5) is 66.9. The Hall–Kier alpha value is -4.78. The number of nitrogens with one attached hydrogen (secondary N) is 1. The zero-order valence-electron chi connectivity index (χ0n) is 39.5. The minimum Gasteiger partial charge on any atom is -0.468 e. The fraction of sp³-hybridized carbons (Fsp3) is 0.615. The summed E-state index contributed by atoms with van der Waals surface area (Å²) in [5, 5.41) is 26.5. The Morgan fingerprint density at radius 2 is 1.79 bits per heavy atom. The Balaban J connectivity index is 1.33. The first-order chi connectivity index (χ1) is 31.7. The van der Waals surface area contributed by atoms with Gasteiger partial charge in [0, 0.05) is 97.3 Å². The summed E-state index contributed by atoms with van der Waals surface area (Å²) in [7, 11) is 4.19. The minimum atomic E-state index is -2.53. The van der Waals surface area contributed by atoms with Crippen molar-refractivity contribution in [2.24, 2.45) is 22.7 Å². The van der Waals surface area contributed by atoms with Gasteiger partial charge in [0.1, 0.15) is 5.41 Å². The van der Waals surface area contributed by atoms with Gasteiger partial charge >= 0.3 is 17.9 Å². The minimum absolute atomic E-state index is 0.149. The smallest absolute Gasteiger partial charge is 0.344 e. The molecule has 1 saturated carbocycles. The highest BCUT2D eigenvalue weighted by atomic mass is 16.6. The molecule has 5 aliphatic heterocycles. The normalized spacial score (nSPS) is 37.6. The van der Waals surface area contributed by atoms with Gasteiger partial charge in [-0.25, -0.2) is 4.79 Å². The predicted octanol–water partition coefficient (Wildman–Crippen LogP) is 4.70. The summed E-state index contributed by atoms with van der Waals surface area (Å²) in [5.41, 5.74) is -2.58. The van der Waals surface area contributed by atoms with Crippen LogP contribution in [-0.2, 0) is 50.0 Å². The van der Waals surface area contributed by atoms with Gasteiger partial charge in [0.25, 0.3) is 0 Å². The first-order valence-corrected chi connectivity index (χ1v) is 24.0. The average molecular weight is 907 g/mol. The third-order valence-corrected chi connectivity index (χ3v) is 16.9. The molecule has 2 bridgehead atoms. The molecule has 1 amide bonds. The largest absolute Gasteiger partial charge is 0.468 e. The van der Waals surface area contributed by atoms with E-state index in [4.69, 9.17) is 18.9 Å². The van der Waals surface area contributed by atoms with E-state index in [9.17, 15) is 24.6 Å². The van der Waals surface area contributed by atoms with Crippen LogP contribution in [0.25, 0.3) is 10.9 Å². The van der Waals surface area contributed by atoms with E-state index in [1.807, 2.05) is 44.2 Å². The molecule has 0 radical (unpaired) electrons. The molecule has 2 aromatic rings. The molecule has 9 rings (SSSR count). The maximum atomic E-state index is 15.6. The Bertz CT molecular complexity index is 2470. The van der Waals surface area contributed by atoms with Crippen molar-refractivity contribution in [3.05, 3.63) is 70.6 Å². The number of fused-ring (bicyclic) bond motifs is 6. The van der Waals surface area contributed by atoms with Crippen LogP contribution in [0, 0.1) is 34.5 Å². The first-order valence-electron chi connectivity index (χ1n) is 24.0. The van der Waals surface area contributed by atoms with Gasteiger partial charge in [0.05, 0.1) is 32.0 Å². The van der Waals surface area contributed by atoms with Crippen LogP contribution in [-0.4, -0.2) is 144 Å². The number of ether oxygens (including phenoxy) is 4. The van der Waals surface area contributed by atoms with Crippen LogP contribution in [0.2, 0.25) is 0 Å². The molecule has 4 fully saturated rings. The van der Waals surface area contributed by atoms with Crippen molar-refractivity contribution in [2.75, 3.05) is 54.1 Å². The number of rotatable bonds is 10. The highest BCUT2D eigenvalue weighted by Crippen LogP contribution is 2.70. The van der Waals surface area contributed by atoms with Gasteiger partial charge in [-0.3, -0.25) is 24.2 Å². The van der Waals surface area contributed by atoms with Crippen molar-refractivity contribution < 1.29 is 48.3 Å². The van der Waals surface area contributed by atoms with E-state index in [1.54, 1.807) is 7.11 Å². The van der Waals surface area contributed by atoms with Gasteiger partial charge < -0.3 is 39.0 Å².